The van der Waals surface area contributed by atoms with Crippen LogP contribution in [0.2, 0.25) is 5.02 Å². The highest BCUT2D eigenvalue weighted by Crippen LogP contribution is 2.37. The van der Waals surface area contributed by atoms with Crippen molar-refractivity contribution < 1.29 is 9.66 Å². The molecule has 0 amide bonds. The lowest BCUT2D eigenvalue weighted by molar-refractivity contribution is -0.385. The van der Waals surface area contributed by atoms with Gasteiger partial charge in [0.25, 0.3) is 0 Å². The molecule has 0 saturated carbocycles. The number of hydrogen-bond donors (Lipinski definition) is 1. The predicted molar refractivity (Wildman–Crippen MR) is 99.8 cm³/mol. The Balaban J connectivity index is 1.97. The van der Waals surface area contributed by atoms with Crippen molar-refractivity contribution in [2.45, 2.75) is 20.8 Å². The number of thiazole rings is 1. The molecule has 10 heteroatoms. The monoisotopic (exact) mass is 391 g/mol. The van der Waals surface area contributed by atoms with Crippen molar-refractivity contribution >= 4 is 39.6 Å². The number of halogens is 1. The molecule has 0 saturated heterocycles. The highest BCUT2D eigenvalue weighted by molar-refractivity contribution is 7.15. The fourth-order valence-electron chi connectivity index (χ4n) is 2.11. The quantitative estimate of drug-likeness (QED) is 0.484. The van der Waals surface area contributed by atoms with Crippen molar-refractivity contribution in [3.8, 4) is 11.6 Å². The molecule has 0 aliphatic rings. The summed E-state index contributed by atoms with van der Waals surface area (Å²) in [7, 11) is 0. The number of nitro groups is 1. The maximum atomic E-state index is 11.6. The Bertz CT molecular complexity index is 973. The van der Waals surface area contributed by atoms with E-state index < -0.39 is 4.92 Å². The van der Waals surface area contributed by atoms with Gasteiger partial charge in [0, 0.05) is 9.90 Å². The third-order valence-corrected chi connectivity index (χ3v) is 4.98. The second kappa shape index (κ2) is 7.22. The van der Waals surface area contributed by atoms with Crippen molar-refractivity contribution in [2.75, 3.05) is 5.32 Å². The Hall–Kier alpha value is -2.78. The lowest BCUT2D eigenvalue weighted by Crippen LogP contribution is -2.03. The van der Waals surface area contributed by atoms with Gasteiger partial charge >= 0.3 is 11.6 Å². The summed E-state index contributed by atoms with van der Waals surface area (Å²) < 4.78 is 5.61. The maximum absolute atomic E-state index is 11.6. The number of nitrogens with zero attached hydrogens (tertiary/aromatic N) is 4. The summed E-state index contributed by atoms with van der Waals surface area (Å²) in [5.74, 6) is 0.235. The summed E-state index contributed by atoms with van der Waals surface area (Å²) in [5.41, 5.74) is 1.26. The van der Waals surface area contributed by atoms with Gasteiger partial charge in [-0.25, -0.2) is 9.97 Å². The van der Waals surface area contributed by atoms with Crippen molar-refractivity contribution in [1.82, 2.24) is 15.0 Å². The summed E-state index contributed by atoms with van der Waals surface area (Å²) >= 11 is 7.37. The fourth-order valence-corrected chi connectivity index (χ4v) is 3.04. The van der Waals surface area contributed by atoms with Crippen LogP contribution in [0.4, 0.5) is 16.6 Å². The number of hydrogen-bond acceptors (Lipinski definition) is 8. The zero-order chi connectivity index (χ0) is 18.8. The van der Waals surface area contributed by atoms with Gasteiger partial charge in [0.1, 0.15) is 12.1 Å². The maximum Gasteiger partial charge on any atom is 0.373 e. The van der Waals surface area contributed by atoms with Gasteiger partial charge in [-0.2, -0.15) is 4.98 Å². The normalized spacial score (nSPS) is 10.6. The van der Waals surface area contributed by atoms with Crippen LogP contribution in [0.5, 0.6) is 11.6 Å². The molecule has 1 aromatic carbocycles. The number of aromatic nitrogens is 3. The first-order chi connectivity index (χ1) is 12.3. The lowest BCUT2D eigenvalue weighted by atomic mass is 10.2. The molecule has 0 atom stereocenters. The molecule has 2 aromatic heterocycles. The first-order valence-electron chi connectivity index (χ1n) is 7.49. The molecular formula is C16H14ClN5O3S. The van der Waals surface area contributed by atoms with Crippen molar-refractivity contribution in [2.24, 2.45) is 0 Å². The first-order valence-corrected chi connectivity index (χ1v) is 8.69. The smallest absolute Gasteiger partial charge is 0.373 e. The average molecular weight is 392 g/mol. The van der Waals surface area contributed by atoms with Crippen LogP contribution in [0.15, 0.2) is 24.5 Å². The minimum absolute atomic E-state index is 0.0134. The van der Waals surface area contributed by atoms with E-state index >= 15 is 0 Å². The Morgan fingerprint density at radius 1 is 1.27 bits per heavy atom. The molecule has 0 fully saturated rings. The zero-order valence-electron chi connectivity index (χ0n) is 14.1. The second-order valence-corrected chi connectivity index (χ2v) is 7.04. The van der Waals surface area contributed by atoms with Crippen molar-refractivity contribution in [3.05, 3.63) is 55.8 Å². The van der Waals surface area contributed by atoms with Gasteiger partial charge < -0.3 is 10.1 Å². The Morgan fingerprint density at radius 2 is 2.04 bits per heavy atom. The van der Waals surface area contributed by atoms with E-state index in [9.17, 15) is 10.1 Å². The number of rotatable bonds is 5. The molecule has 0 radical (unpaired) electrons. The molecule has 0 bridgehead atoms. The molecule has 0 aliphatic carbocycles. The molecule has 0 spiro atoms. The summed E-state index contributed by atoms with van der Waals surface area (Å²) in [4.78, 5) is 24.2. The topological polar surface area (TPSA) is 103 Å². The van der Waals surface area contributed by atoms with Gasteiger partial charge in [-0.3, -0.25) is 10.1 Å². The fraction of sp³-hybridized carbons (Fsp3) is 0.188. The SMILES string of the molecule is Cc1cc(Oc2ncnc(Nc3nc(C)c(C)s3)c2[N+](=O)[O-])ccc1Cl. The van der Waals surface area contributed by atoms with Crippen LogP contribution in [0.1, 0.15) is 16.1 Å². The van der Waals surface area contributed by atoms with Crippen LogP contribution < -0.4 is 10.1 Å². The Labute approximate surface area is 158 Å². The van der Waals surface area contributed by atoms with Crippen LogP contribution in [0, 0.1) is 30.9 Å². The molecule has 3 aromatic rings. The molecular weight excluding hydrogens is 378 g/mol. The highest BCUT2D eigenvalue weighted by Gasteiger charge is 2.26. The van der Waals surface area contributed by atoms with Crippen molar-refractivity contribution in [1.29, 1.82) is 0 Å². The Kier molecular flexibility index (Phi) is 5.01. The number of anilines is 2. The molecule has 0 aliphatic heterocycles. The minimum atomic E-state index is -0.590. The standard InChI is InChI=1S/C16H14ClN5O3S/c1-8-6-11(4-5-12(8)17)25-15-13(22(23)24)14(18-7-19-15)21-16-20-9(2)10(3)26-16/h4-7H,1-3H3,(H,18,19,20,21). The summed E-state index contributed by atoms with van der Waals surface area (Å²) in [6.45, 7) is 5.59. The highest BCUT2D eigenvalue weighted by atomic mass is 35.5. The molecule has 0 unspecified atom stereocenters. The predicted octanol–water partition coefficient (Wildman–Crippen LogP) is 4.96. The molecule has 8 nitrogen and oxygen atoms in total. The molecule has 2 heterocycles. The summed E-state index contributed by atoms with van der Waals surface area (Å²) in [6.07, 6.45) is 1.20. The van der Waals surface area contributed by atoms with Gasteiger partial charge in [-0.15, -0.1) is 11.3 Å². The molecule has 3 rings (SSSR count). The van der Waals surface area contributed by atoms with Gasteiger partial charge in [0.05, 0.1) is 10.6 Å². The van der Waals surface area contributed by atoms with E-state index in [1.165, 1.54) is 17.7 Å². The second-order valence-electron chi connectivity index (χ2n) is 5.43. The third kappa shape index (κ3) is 3.73. The third-order valence-electron chi connectivity index (χ3n) is 3.57. The van der Waals surface area contributed by atoms with E-state index in [1.807, 2.05) is 20.8 Å². The number of aryl methyl sites for hydroxylation is 3. The summed E-state index contributed by atoms with van der Waals surface area (Å²) in [6, 6.07) is 4.94. The molecule has 26 heavy (non-hydrogen) atoms. The number of nitrogens with one attached hydrogen (secondary N) is 1. The zero-order valence-corrected chi connectivity index (χ0v) is 15.7. The average Bonchev–Trinajstić information content (AvgIpc) is 2.88. The van der Waals surface area contributed by atoms with Crippen molar-refractivity contribution in [3.63, 3.8) is 0 Å². The van der Waals surface area contributed by atoms with Gasteiger partial charge in [-0.1, -0.05) is 11.6 Å². The van der Waals surface area contributed by atoms with Gasteiger partial charge in [-0.05, 0) is 44.5 Å². The number of ether oxygens (including phenoxy) is 1. The van der Waals surface area contributed by atoms with Crippen LogP contribution in [0.3, 0.4) is 0 Å². The minimum Gasteiger partial charge on any atom is -0.434 e. The van der Waals surface area contributed by atoms with E-state index in [1.54, 1.807) is 18.2 Å². The first kappa shape index (κ1) is 18.0. The van der Waals surface area contributed by atoms with E-state index in [0.29, 0.717) is 15.9 Å². The van der Waals surface area contributed by atoms with E-state index in [2.05, 4.69) is 20.3 Å². The van der Waals surface area contributed by atoms with Crippen LogP contribution in [-0.2, 0) is 0 Å². The molecule has 1 N–H and O–H groups in total. The largest absolute Gasteiger partial charge is 0.434 e. The van der Waals surface area contributed by atoms with Gasteiger partial charge in [0.2, 0.25) is 5.82 Å². The van der Waals surface area contributed by atoms with Gasteiger partial charge in [0.15, 0.2) is 5.13 Å². The van der Waals surface area contributed by atoms with E-state index in [4.69, 9.17) is 16.3 Å². The van der Waals surface area contributed by atoms with Crippen LogP contribution >= 0.6 is 22.9 Å². The lowest BCUT2D eigenvalue weighted by Gasteiger charge is -2.09. The summed E-state index contributed by atoms with van der Waals surface area (Å²) in [5, 5.41) is 15.5. The molecule has 134 valence electrons. The van der Waals surface area contributed by atoms with Crippen LogP contribution in [0.25, 0.3) is 0 Å². The van der Waals surface area contributed by atoms with E-state index in [-0.39, 0.29) is 17.4 Å². The Morgan fingerprint density at radius 3 is 2.65 bits per heavy atom. The van der Waals surface area contributed by atoms with Crippen LogP contribution in [-0.4, -0.2) is 19.9 Å². The van der Waals surface area contributed by atoms with E-state index in [0.717, 1.165) is 16.1 Å². The number of benzene rings is 1.